The van der Waals surface area contributed by atoms with E-state index in [1.807, 2.05) is 0 Å². The smallest absolute Gasteiger partial charge is 0.811 e. The van der Waals surface area contributed by atoms with Crippen molar-refractivity contribution >= 4 is 15.2 Å². The Morgan fingerprint density at radius 2 is 0.857 bits per heavy atom. The number of hydrogen-bond acceptors (Lipinski definition) is 10. The van der Waals surface area contributed by atoms with Crippen molar-refractivity contribution in [2.75, 3.05) is 51.6 Å². The van der Waals surface area contributed by atoms with Crippen LogP contribution in [0.15, 0.2) is 0 Å². The number of nitrogens with two attached hydrogens (primary N) is 2. The summed E-state index contributed by atoms with van der Waals surface area (Å²) < 4.78 is 20.3. The molecule has 0 saturated carbocycles. The van der Waals surface area contributed by atoms with Crippen molar-refractivity contribution in [3.8, 4) is 0 Å². The van der Waals surface area contributed by atoms with Crippen LogP contribution in [0.5, 0.6) is 0 Å². The molecule has 0 amide bonds. The van der Waals surface area contributed by atoms with Crippen LogP contribution < -0.4 is 247 Å². The minimum Gasteiger partial charge on any atom is -0.811 e. The van der Waals surface area contributed by atoms with Crippen molar-refractivity contribution in [2.45, 2.75) is 25.7 Å². The summed E-state index contributed by atoms with van der Waals surface area (Å²) in [5.41, 5.74) is 10.5. The van der Waals surface area contributed by atoms with Gasteiger partial charge in [-0.05, 0) is 25.2 Å². The van der Waals surface area contributed by atoms with Gasteiger partial charge in [0.15, 0.2) is 0 Å². The standard InChI is InChI=1S/C6H18N4.C6H16O6P2.4K/c7-1-3-9-5-6-10-4-2-8;7-13(8,9)5-3-1-2-4-6-14(10,11)12;;;;/h9-10H,1-8H2;1-6H2,(H2,7,8,9)(H2,10,11,12);;;;/q;;4*+1/p-4. The van der Waals surface area contributed by atoms with E-state index in [4.69, 9.17) is 11.5 Å². The Kier molecular flexibility index (Phi) is 57.5. The fraction of sp³-hybridized carbons (Fsp3) is 1.00. The normalized spacial score (nSPS) is 10.2. The van der Waals surface area contributed by atoms with E-state index in [0.717, 1.165) is 26.2 Å². The molecule has 28 heavy (non-hydrogen) atoms. The number of rotatable bonds is 14. The van der Waals surface area contributed by atoms with Gasteiger partial charge < -0.3 is 50.8 Å². The fourth-order valence-electron chi connectivity index (χ4n) is 1.60. The molecule has 148 valence electrons. The van der Waals surface area contributed by atoms with Gasteiger partial charge in [-0.25, -0.2) is 0 Å². The van der Waals surface area contributed by atoms with Crippen LogP contribution in [-0.4, -0.2) is 51.6 Å². The summed E-state index contributed by atoms with van der Waals surface area (Å²) in [6, 6.07) is 0. The van der Waals surface area contributed by atoms with Gasteiger partial charge in [0.25, 0.3) is 0 Å². The summed E-state index contributed by atoms with van der Waals surface area (Å²) in [5.74, 6) is 0. The van der Waals surface area contributed by atoms with Crippen LogP contribution in [0.25, 0.3) is 0 Å². The molecule has 0 aliphatic carbocycles. The maximum atomic E-state index is 10.2. The minimum absolute atomic E-state index is 0. The minimum atomic E-state index is -4.43. The van der Waals surface area contributed by atoms with Gasteiger partial charge in [-0.2, -0.15) is 0 Å². The molecule has 0 aliphatic rings. The molecule has 0 fully saturated rings. The molecule has 16 heteroatoms. The van der Waals surface area contributed by atoms with Gasteiger partial charge in [0.2, 0.25) is 0 Å². The molecule has 0 spiro atoms. The number of nitrogens with one attached hydrogen (secondary N) is 2. The quantitative estimate of drug-likeness (QED) is 0.0923. The Labute approximate surface area is 339 Å². The molecular formula is C12H30K4N4O6P2. The second-order valence-corrected chi connectivity index (χ2v) is 8.50. The van der Waals surface area contributed by atoms with Gasteiger partial charge in [-0.3, -0.25) is 0 Å². The first-order valence-corrected chi connectivity index (χ1v) is 11.4. The largest absolute Gasteiger partial charge is 1.00 e. The van der Waals surface area contributed by atoms with E-state index < -0.39 is 27.5 Å². The van der Waals surface area contributed by atoms with Gasteiger partial charge in [0.05, 0.1) is 0 Å². The summed E-state index contributed by atoms with van der Waals surface area (Å²) in [6.07, 6.45) is 0.556. The zero-order valence-electron chi connectivity index (χ0n) is 18.0. The van der Waals surface area contributed by atoms with Crippen molar-refractivity contribution in [1.82, 2.24) is 10.6 Å². The maximum Gasteiger partial charge on any atom is 1.00 e. The third kappa shape index (κ3) is 53.9. The molecule has 0 aromatic heterocycles. The SMILES string of the molecule is NCCNCCNCCN.O=P([O-])([O-])CCCCCCP(=O)([O-])[O-].[K+].[K+].[K+].[K+]. The second kappa shape index (κ2) is 33.7. The first kappa shape index (κ1) is 47.8. The predicted octanol–water partition coefficient (Wildman–Crippen LogP) is -15.5. The van der Waals surface area contributed by atoms with Crippen LogP contribution in [0, 0.1) is 0 Å². The Hall–Kier alpha value is 6.69. The summed E-state index contributed by atoms with van der Waals surface area (Å²) in [5, 5.41) is 6.33. The molecule has 0 rings (SSSR count). The summed E-state index contributed by atoms with van der Waals surface area (Å²) in [7, 11) is -8.85. The monoisotopic (exact) mass is 544 g/mol. The summed E-state index contributed by atoms with van der Waals surface area (Å²) in [6.45, 7) is 5.14. The van der Waals surface area contributed by atoms with E-state index >= 15 is 0 Å². The summed E-state index contributed by atoms with van der Waals surface area (Å²) in [4.78, 5) is 40.6. The molecule has 0 aliphatic heterocycles. The Morgan fingerprint density at radius 1 is 0.571 bits per heavy atom. The van der Waals surface area contributed by atoms with E-state index in [-0.39, 0.29) is 218 Å². The number of hydrogen-bond donors (Lipinski definition) is 4. The molecule has 0 radical (unpaired) electrons. The molecule has 0 atom stereocenters. The molecular weight excluding hydrogens is 514 g/mol. The molecule has 10 nitrogen and oxygen atoms in total. The Morgan fingerprint density at radius 3 is 1.07 bits per heavy atom. The van der Waals surface area contributed by atoms with Crippen LogP contribution in [0.2, 0.25) is 0 Å². The predicted molar refractivity (Wildman–Crippen MR) is 87.3 cm³/mol. The molecule has 0 aromatic rings. The van der Waals surface area contributed by atoms with E-state index in [0.29, 0.717) is 25.9 Å². The molecule has 0 unspecified atom stereocenters. The van der Waals surface area contributed by atoms with Gasteiger partial charge in [0, 0.05) is 39.3 Å². The van der Waals surface area contributed by atoms with Crippen molar-refractivity contribution in [2.24, 2.45) is 11.5 Å². The fourth-order valence-corrected chi connectivity index (χ4v) is 2.82. The average Bonchev–Trinajstić information content (AvgIpc) is 2.45. The van der Waals surface area contributed by atoms with Gasteiger partial charge in [-0.15, -0.1) is 0 Å². The van der Waals surface area contributed by atoms with Crippen molar-refractivity contribution in [3.05, 3.63) is 0 Å². The van der Waals surface area contributed by atoms with E-state index in [9.17, 15) is 28.7 Å². The Bertz CT molecular complexity index is 346. The first-order valence-electron chi connectivity index (χ1n) is 7.96. The molecule has 0 bridgehead atoms. The molecule has 6 N–H and O–H groups in total. The van der Waals surface area contributed by atoms with Crippen molar-refractivity contribution in [1.29, 1.82) is 0 Å². The topological polar surface area (TPSA) is 202 Å². The third-order valence-corrected chi connectivity index (χ3v) is 4.46. The van der Waals surface area contributed by atoms with Crippen molar-refractivity contribution < 1.29 is 234 Å². The van der Waals surface area contributed by atoms with E-state index in [2.05, 4.69) is 10.6 Å². The second-order valence-electron chi connectivity index (χ2n) is 5.16. The van der Waals surface area contributed by atoms with Crippen LogP contribution in [0.3, 0.4) is 0 Å². The molecule has 0 saturated heterocycles. The zero-order chi connectivity index (χ0) is 18.9. The van der Waals surface area contributed by atoms with E-state index in [1.54, 1.807) is 0 Å². The average molecular weight is 545 g/mol. The maximum absolute atomic E-state index is 10.2. The summed E-state index contributed by atoms with van der Waals surface area (Å²) >= 11 is 0. The van der Waals surface area contributed by atoms with Gasteiger partial charge in [-0.1, -0.05) is 28.0 Å². The van der Waals surface area contributed by atoms with Gasteiger partial charge >= 0.3 is 206 Å². The third-order valence-electron chi connectivity index (χ3n) is 2.73. The van der Waals surface area contributed by atoms with Crippen LogP contribution >= 0.6 is 15.2 Å². The number of unbranched alkanes of at least 4 members (excludes halogenated alkanes) is 3. The van der Waals surface area contributed by atoms with Crippen LogP contribution in [-0.2, 0) is 9.13 Å². The molecule has 0 aromatic carbocycles. The van der Waals surface area contributed by atoms with Crippen LogP contribution in [0.1, 0.15) is 25.7 Å². The van der Waals surface area contributed by atoms with Gasteiger partial charge in [0.1, 0.15) is 0 Å². The van der Waals surface area contributed by atoms with Crippen molar-refractivity contribution in [3.63, 3.8) is 0 Å². The Balaban J connectivity index is -0.0000000786. The van der Waals surface area contributed by atoms with Crippen LogP contribution in [0.4, 0.5) is 0 Å². The first-order chi connectivity index (χ1) is 11.1. The zero-order valence-corrected chi connectivity index (χ0v) is 32.3. The molecule has 0 heterocycles. The van der Waals surface area contributed by atoms with E-state index in [1.165, 1.54) is 0 Å².